The van der Waals surface area contributed by atoms with E-state index in [-0.39, 0.29) is 10.6 Å². The monoisotopic (exact) mass is 447 g/mol. The van der Waals surface area contributed by atoms with E-state index >= 15 is 0 Å². The maximum Gasteiger partial charge on any atom is 0.269 e. The van der Waals surface area contributed by atoms with E-state index in [1.165, 1.54) is 40.7 Å². The molecular formula is C21H25N3O6S. The largest absolute Gasteiger partial charge is 0.481 e. The van der Waals surface area contributed by atoms with Crippen molar-refractivity contribution >= 4 is 27.3 Å². The molecule has 0 aliphatic carbocycles. The van der Waals surface area contributed by atoms with Crippen LogP contribution in [0.4, 0.5) is 11.4 Å². The Morgan fingerprint density at radius 3 is 2.16 bits per heavy atom. The Morgan fingerprint density at radius 1 is 1.03 bits per heavy atom. The summed E-state index contributed by atoms with van der Waals surface area (Å²) in [7, 11) is -3.55. The lowest BCUT2D eigenvalue weighted by atomic mass is 10.2. The molecular weight excluding hydrogens is 422 g/mol. The predicted octanol–water partition coefficient (Wildman–Crippen LogP) is 3.57. The molecule has 1 saturated heterocycles. The Labute approximate surface area is 181 Å². The number of nitrogens with zero attached hydrogens (tertiary/aromatic N) is 2. The molecule has 0 spiro atoms. The summed E-state index contributed by atoms with van der Waals surface area (Å²) in [6.07, 6.45) is 2.94. The highest BCUT2D eigenvalue weighted by Gasteiger charge is 2.25. The van der Waals surface area contributed by atoms with Crippen molar-refractivity contribution < 1.29 is 22.9 Å². The topological polar surface area (TPSA) is 119 Å². The van der Waals surface area contributed by atoms with Gasteiger partial charge in [0.1, 0.15) is 5.75 Å². The van der Waals surface area contributed by atoms with Crippen LogP contribution in [0.5, 0.6) is 5.75 Å². The minimum atomic E-state index is -3.55. The molecule has 1 amide bonds. The molecule has 2 aromatic carbocycles. The van der Waals surface area contributed by atoms with E-state index in [4.69, 9.17) is 4.74 Å². The van der Waals surface area contributed by atoms with Gasteiger partial charge in [0.15, 0.2) is 6.10 Å². The normalized spacial score (nSPS) is 16.2. The van der Waals surface area contributed by atoms with Crippen molar-refractivity contribution in [2.45, 2.75) is 43.6 Å². The number of hydrogen-bond acceptors (Lipinski definition) is 6. The van der Waals surface area contributed by atoms with E-state index < -0.39 is 27.0 Å². The highest BCUT2D eigenvalue weighted by molar-refractivity contribution is 7.89. The maximum absolute atomic E-state index is 12.8. The summed E-state index contributed by atoms with van der Waals surface area (Å²) >= 11 is 0. The molecule has 1 fully saturated rings. The number of carbonyl (C=O) groups excluding carboxylic acids is 1. The van der Waals surface area contributed by atoms with Crippen LogP contribution in [-0.2, 0) is 14.8 Å². The molecule has 1 N–H and O–H groups in total. The zero-order valence-electron chi connectivity index (χ0n) is 17.2. The first-order valence-corrected chi connectivity index (χ1v) is 11.5. The van der Waals surface area contributed by atoms with Gasteiger partial charge in [-0.15, -0.1) is 0 Å². The number of nitro groups is 1. The highest BCUT2D eigenvalue weighted by Crippen LogP contribution is 2.22. The minimum absolute atomic E-state index is 0.0697. The van der Waals surface area contributed by atoms with E-state index in [0.717, 1.165) is 25.7 Å². The first-order chi connectivity index (χ1) is 14.8. The number of sulfonamides is 1. The number of nitro benzene ring substituents is 1. The molecule has 1 aliphatic heterocycles. The first-order valence-electron chi connectivity index (χ1n) is 10.1. The Bertz CT molecular complexity index is 1010. The number of amides is 1. The van der Waals surface area contributed by atoms with Crippen LogP contribution in [0.15, 0.2) is 53.4 Å². The summed E-state index contributed by atoms with van der Waals surface area (Å²) in [6.45, 7) is 2.60. The van der Waals surface area contributed by atoms with E-state index in [1.54, 1.807) is 19.1 Å². The van der Waals surface area contributed by atoms with Gasteiger partial charge in [0.2, 0.25) is 10.0 Å². The van der Waals surface area contributed by atoms with Crippen LogP contribution >= 0.6 is 0 Å². The second-order valence-electron chi connectivity index (χ2n) is 7.34. The molecule has 1 heterocycles. The lowest BCUT2D eigenvalue weighted by molar-refractivity contribution is -0.384. The zero-order chi connectivity index (χ0) is 22.4. The fourth-order valence-electron chi connectivity index (χ4n) is 3.29. The summed E-state index contributed by atoms with van der Waals surface area (Å²) in [4.78, 5) is 22.8. The van der Waals surface area contributed by atoms with Crippen molar-refractivity contribution in [1.82, 2.24) is 4.31 Å². The minimum Gasteiger partial charge on any atom is -0.481 e. The summed E-state index contributed by atoms with van der Waals surface area (Å²) in [6, 6.07) is 11.5. The van der Waals surface area contributed by atoms with Gasteiger partial charge in [0.05, 0.1) is 9.82 Å². The number of hydrogen-bond donors (Lipinski definition) is 1. The number of rotatable bonds is 7. The molecule has 0 saturated carbocycles. The lowest BCUT2D eigenvalue weighted by Crippen LogP contribution is -2.32. The van der Waals surface area contributed by atoms with Crippen LogP contribution in [0, 0.1) is 10.1 Å². The van der Waals surface area contributed by atoms with Gasteiger partial charge in [-0.05, 0) is 56.2 Å². The second-order valence-corrected chi connectivity index (χ2v) is 9.28. The Kier molecular flexibility index (Phi) is 7.24. The van der Waals surface area contributed by atoms with Crippen molar-refractivity contribution in [2.75, 3.05) is 18.4 Å². The highest BCUT2D eigenvalue weighted by atomic mass is 32.2. The molecule has 0 radical (unpaired) electrons. The Morgan fingerprint density at radius 2 is 1.61 bits per heavy atom. The number of non-ortho nitro benzene ring substituents is 1. The van der Waals surface area contributed by atoms with E-state index in [0.29, 0.717) is 24.5 Å². The lowest BCUT2D eigenvalue weighted by Gasteiger charge is -2.20. The Balaban J connectivity index is 1.60. The number of anilines is 1. The molecule has 166 valence electrons. The summed E-state index contributed by atoms with van der Waals surface area (Å²) in [5.74, 6) is -0.103. The third-order valence-corrected chi connectivity index (χ3v) is 6.97. The molecule has 2 aromatic rings. The Hall–Kier alpha value is -2.98. The van der Waals surface area contributed by atoms with Gasteiger partial charge < -0.3 is 10.1 Å². The van der Waals surface area contributed by atoms with Gasteiger partial charge in [-0.1, -0.05) is 12.8 Å². The molecule has 1 unspecified atom stereocenters. The summed E-state index contributed by atoms with van der Waals surface area (Å²) < 4.78 is 32.7. The van der Waals surface area contributed by atoms with Crippen LogP contribution < -0.4 is 10.1 Å². The molecule has 3 rings (SSSR count). The molecule has 0 aromatic heterocycles. The smallest absolute Gasteiger partial charge is 0.269 e. The van der Waals surface area contributed by atoms with Crippen LogP contribution in [0.25, 0.3) is 0 Å². The number of carbonyl (C=O) groups is 1. The first kappa shape index (κ1) is 22.7. The molecule has 31 heavy (non-hydrogen) atoms. The number of benzene rings is 2. The molecule has 1 atom stereocenters. The third-order valence-electron chi connectivity index (χ3n) is 5.05. The third kappa shape index (κ3) is 5.80. The van der Waals surface area contributed by atoms with Crippen LogP contribution in [-0.4, -0.2) is 42.7 Å². The predicted molar refractivity (Wildman–Crippen MR) is 115 cm³/mol. The van der Waals surface area contributed by atoms with Gasteiger partial charge in [-0.25, -0.2) is 8.42 Å². The zero-order valence-corrected chi connectivity index (χ0v) is 18.0. The SMILES string of the molecule is CC(Oc1ccc([N+](=O)[O-])cc1)C(=O)Nc1ccc(S(=O)(=O)N2CCCCCC2)cc1. The molecule has 0 bridgehead atoms. The summed E-state index contributed by atoms with van der Waals surface area (Å²) in [5.41, 5.74) is 0.374. The van der Waals surface area contributed by atoms with Gasteiger partial charge >= 0.3 is 0 Å². The molecule has 1 aliphatic rings. The van der Waals surface area contributed by atoms with Gasteiger partial charge in [0.25, 0.3) is 11.6 Å². The molecule has 10 heteroatoms. The van der Waals surface area contributed by atoms with Gasteiger partial charge in [-0.3, -0.25) is 14.9 Å². The fourth-order valence-corrected chi connectivity index (χ4v) is 4.81. The van der Waals surface area contributed by atoms with Crippen molar-refractivity contribution in [3.63, 3.8) is 0 Å². The van der Waals surface area contributed by atoms with Crippen molar-refractivity contribution in [3.05, 3.63) is 58.6 Å². The average Bonchev–Trinajstić information content (AvgIpc) is 3.04. The van der Waals surface area contributed by atoms with Crippen LogP contribution in [0.1, 0.15) is 32.6 Å². The van der Waals surface area contributed by atoms with Crippen molar-refractivity contribution in [1.29, 1.82) is 0 Å². The van der Waals surface area contributed by atoms with Crippen molar-refractivity contribution in [2.24, 2.45) is 0 Å². The van der Waals surface area contributed by atoms with Crippen molar-refractivity contribution in [3.8, 4) is 5.75 Å². The number of ether oxygens (including phenoxy) is 1. The average molecular weight is 448 g/mol. The van der Waals surface area contributed by atoms with Crippen LogP contribution in [0.3, 0.4) is 0 Å². The standard InChI is InChI=1S/C21H25N3O6S/c1-16(30-19-10-8-18(9-11-19)24(26)27)21(25)22-17-6-12-20(13-7-17)31(28,29)23-14-4-2-3-5-15-23/h6-13,16H,2-5,14-15H2,1H3,(H,22,25). The molecule has 9 nitrogen and oxygen atoms in total. The van der Waals surface area contributed by atoms with E-state index in [2.05, 4.69) is 5.32 Å². The van der Waals surface area contributed by atoms with E-state index in [1.807, 2.05) is 0 Å². The van der Waals surface area contributed by atoms with E-state index in [9.17, 15) is 23.3 Å². The quantitative estimate of drug-likeness (QED) is 0.512. The van der Waals surface area contributed by atoms with Crippen LogP contribution in [0.2, 0.25) is 0 Å². The fraction of sp³-hybridized carbons (Fsp3) is 0.381. The maximum atomic E-state index is 12.8. The summed E-state index contributed by atoms with van der Waals surface area (Å²) in [5, 5.41) is 13.4. The second kappa shape index (κ2) is 9.88. The van der Waals surface area contributed by atoms with Gasteiger partial charge in [0, 0.05) is 30.9 Å². The number of nitrogens with one attached hydrogen (secondary N) is 1. The van der Waals surface area contributed by atoms with Gasteiger partial charge in [-0.2, -0.15) is 4.31 Å².